The summed E-state index contributed by atoms with van der Waals surface area (Å²) in [4.78, 5) is 53.4. The fourth-order valence-corrected chi connectivity index (χ4v) is 1.88. The third kappa shape index (κ3) is 6.97. The van der Waals surface area contributed by atoms with Gasteiger partial charge >= 0.3 is 5.97 Å². The topological polar surface area (TPSA) is 155 Å². The molecule has 2 N–H and O–H groups in total. The number of aliphatic hydroxyl groups is 2. The summed E-state index contributed by atoms with van der Waals surface area (Å²) >= 11 is 0. The van der Waals surface area contributed by atoms with Crippen molar-refractivity contribution in [3.8, 4) is 0 Å². The number of hydrogen-bond donors (Lipinski definition) is 2. The maximum absolute atomic E-state index is 12.3. The van der Waals surface area contributed by atoms with Crippen LogP contribution in [0.15, 0.2) is 37.4 Å². The van der Waals surface area contributed by atoms with E-state index in [-0.39, 0.29) is 30.0 Å². The first-order valence-corrected chi connectivity index (χ1v) is 6.96. The maximum atomic E-state index is 12.3. The first-order valence-electron chi connectivity index (χ1n) is 6.96. The second-order valence-corrected chi connectivity index (χ2v) is 4.62. The lowest BCUT2D eigenvalue weighted by atomic mass is 9.93. The zero-order valence-corrected chi connectivity index (χ0v) is 13.7. The van der Waals surface area contributed by atoms with E-state index in [2.05, 4.69) is 15.0 Å². The zero-order valence-electron chi connectivity index (χ0n) is 13.7. The van der Waals surface area contributed by atoms with Gasteiger partial charge in [-0.15, -0.1) is 0 Å². The summed E-state index contributed by atoms with van der Waals surface area (Å²) in [5, 5.41) is 18.9. The standard InChI is InChI=1S/C15H17N3O7/c1-10(2)13(15(24)25-4-3-16-7-21)14(11(5-19)17-8-22)12(6-20)18-9-23/h11,19-20H,3-6H2,1-2H3. The Morgan fingerprint density at radius 3 is 2.24 bits per heavy atom. The summed E-state index contributed by atoms with van der Waals surface area (Å²) < 4.78 is 4.95. The molecule has 0 saturated heterocycles. The predicted molar refractivity (Wildman–Crippen MR) is 83.6 cm³/mol. The van der Waals surface area contributed by atoms with Crippen LogP contribution < -0.4 is 0 Å². The minimum Gasteiger partial charge on any atom is -0.460 e. The van der Waals surface area contributed by atoms with Crippen LogP contribution in [-0.4, -0.2) is 66.8 Å². The summed E-state index contributed by atoms with van der Waals surface area (Å²) in [6, 6.07) is -1.30. The first kappa shape index (κ1) is 22.0. The number of nitrogens with zero attached hydrogens (tertiary/aromatic N) is 3. The molecule has 0 aromatic rings. The summed E-state index contributed by atoms with van der Waals surface area (Å²) in [6.45, 7) is 1.21. The highest BCUT2D eigenvalue weighted by atomic mass is 16.5. The van der Waals surface area contributed by atoms with Crippen LogP contribution in [-0.2, 0) is 23.9 Å². The largest absolute Gasteiger partial charge is 0.460 e. The number of hydrogen-bond acceptors (Lipinski definition) is 10. The van der Waals surface area contributed by atoms with Gasteiger partial charge in [0, 0.05) is 5.57 Å². The van der Waals surface area contributed by atoms with Gasteiger partial charge in [-0.3, -0.25) is 0 Å². The molecule has 0 aromatic heterocycles. The van der Waals surface area contributed by atoms with Crippen molar-refractivity contribution in [3.05, 3.63) is 22.4 Å². The molecule has 0 aliphatic heterocycles. The lowest BCUT2D eigenvalue weighted by molar-refractivity contribution is -0.138. The fourth-order valence-electron chi connectivity index (χ4n) is 1.88. The number of allylic oxidation sites excluding steroid dienone is 1. The van der Waals surface area contributed by atoms with E-state index in [4.69, 9.17) is 4.74 Å². The molecule has 1 unspecified atom stereocenters. The Balaban J connectivity index is 6.20. The number of esters is 1. The van der Waals surface area contributed by atoms with Crippen molar-refractivity contribution in [1.29, 1.82) is 0 Å². The van der Waals surface area contributed by atoms with Crippen LogP contribution in [0, 0.1) is 0 Å². The van der Waals surface area contributed by atoms with E-state index in [0.717, 1.165) is 0 Å². The Morgan fingerprint density at radius 1 is 1.12 bits per heavy atom. The van der Waals surface area contributed by atoms with E-state index < -0.39 is 25.2 Å². The molecule has 0 rings (SSSR count). The average Bonchev–Trinajstić information content (AvgIpc) is 2.59. The molecule has 0 aliphatic carbocycles. The second-order valence-electron chi connectivity index (χ2n) is 4.62. The smallest absolute Gasteiger partial charge is 0.338 e. The van der Waals surface area contributed by atoms with Gasteiger partial charge in [0.15, 0.2) is 0 Å². The van der Waals surface area contributed by atoms with Crippen molar-refractivity contribution < 1.29 is 34.1 Å². The van der Waals surface area contributed by atoms with E-state index in [9.17, 15) is 29.4 Å². The Morgan fingerprint density at radius 2 is 1.80 bits per heavy atom. The lowest BCUT2D eigenvalue weighted by Crippen LogP contribution is -2.24. The molecule has 0 bridgehead atoms. The highest BCUT2D eigenvalue weighted by molar-refractivity contribution is 5.95. The molecule has 0 saturated carbocycles. The quantitative estimate of drug-likeness (QED) is 0.134. The molecule has 0 radical (unpaired) electrons. The minimum atomic E-state index is -1.30. The number of isocyanates is 3. The molecule has 1 atom stereocenters. The van der Waals surface area contributed by atoms with Crippen molar-refractivity contribution in [3.63, 3.8) is 0 Å². The molecular formula is C15H17N3O7. The molecule has 25 heavy (non-hydrogen) atoms. The van der Waals surface area contributed by atoms with Gasteiger partial charge in [-0.25, -0.2) is 24.2 Å². The number of carbonyl (C=O) groups is 1. The van der Waals surface area contributed by atoms with E-state index in [0.29, 0.717) is 5.57 Å². The Kier molecular flexibility index (Phi) is 10.9. The number of aliphatic imine (C=N–C) groups is 3. The van der Waals surface area contributed by atoms with Crippen molar-refractivity contribution in [2.45, 2.75) is 19.9 Å². The van der Waals surface area contributed by atoms with Gasteiger partial charge in [-0.05, 0) is 13.8 Å². The number of aliphatic hydroxyl groups excluding tert-OH is 2. The number of ether oxygens (including phenoxy) is 1. The van der Waals surface area contributed by atoms with Crippen LogP contribution in [0.3, 0.4) is 0 Å². The van der Waals surface area contributed by atoms with Crippen molar-refractivity contribution >= 4 is 24.2 Å². The summed E-state index contributed by atoms with van der Waals surface area (Å²) in [5.41, 5.74) is -0.241. The van der Waals surface area contributed by atoms with E-state index in [1.807, 2.05) is 0 Å². The van der Waals surface area contributed by atoms with Gasteiger partial charge in [0.05, 0.1) is 31.0 Å². The molecule has 0 spiro atoms. The molecule has 0 aromatic carbocycles. The monoisotopic (exact) mass is 351 g/mol. The fraction of sp³-hybridized carbons (Fsp3) is 0.467. The molecule has 10 nitrogen and oxygen atoms in total. The summed E-state index contributed by atoms with van der Waals surface area (Å²) in [7, 11) is 0. The van der Waals surface area contributed by atoms with Gasteiger partial charge < -0.3 is 14.9 Å². The van der Waals surface area contributed by atoms with E-state index in [1.54, 1.807) is 0 Å². The Bertz CT molecular complexity index is 688. The molecule has 10 heteroatoms. The van der Waals surface area contributed by atoms with Gasteiger partial charge in [0.1, 0.15) is 12.6 Å². The van der Waals surface area contributed by atoms with Crippen molar-refractivity contribution in [2.75, 3.05) is 26.4 Å². The van der Waals surface area contributed by atoms with Crippen molar-refractivity contribution in [2.24, 2.45) is 15.0 Å². The molecule has 0 amide bonds. The van der Waals surface area contributed by atoms with E-state index >= 15 is 0 Å². The highest BCUT2D eigenvalue weighted by Gasteiger charge is 2.28. The molecule has 0 fully saturated rings. The van der Waals surface area contributed by atoms with Crippen LogP contribution in [0.25, 0.3) is 0 Å². The van der Waals surface area contributed by atoms with Gasteiger partial charge in [-0.2, -0.15) is 9.98 Å². The van der Waals surface area contributed by atoms with Crippen LogP contribution in [0.1, 0.15) is 13.8 Å². The Hall–Kier alpha value is -2.99. The zero-order chi connectivity index (χ0) is 19.2. The summed E-state index contributed by atoms with van der Waals surface area (Å²) in [5.74, 6) is -0.900. The molecule has 134 valence electrons. The average molecular weight is 351 g/mol. The maximum Gasteiger partial charge on any atom is 0.338 e. The molecule has 0 heterocycles. The van der Waals surface area contributed by atoms with Crippen LogP contribution in [0.5, 0.6) is 0 Å². The SMILES string of the molecule is CC(C)=C(C(=O)OCCN=C=O)C(=C(CO)N=C=O)C(CO)N=C=O. The highest BCUT2D eigenvalue weighted by Crippen LogP contribution is 2.26. The van der Waals surface area contributed by atoms with Crippen molar-refractivity contribution in [1.82, 2.24) is 0 Å². The van der Waals surface area contributed by atoms with Gasteiger partial charge in [-0.1, -0.05) is 5.57 Å². The number of rotatable bonds is 10. The molecule has 0 aliphatic rings. The molecular weight excluding hydrogens is 334 g/mol. The van der Waals surface area contributed by atoms with Gasteiger partial charge in [0.2, 0.25) is 18.2 Å². The van der Waals surface area contributed by atoms with Gasteiger partial charge in [0.25, 0.3) is 0 Å². The van der Waals surface area contributed by atoms with Crippen LogP contribution in [0.2, 0.25) is 0 Å². The van der Waals surface area contributed by atoms with Crippen LogP contribution in [0.4, 0.5) is 0 Å². The van der Waals surface area contributed by atoms with Crippen LogP contribution >= 0.6 is 0 Å². The second kappa shape index (κ2) is 12.4. The summed E-state index contributed by atoms with van der Waals surface area (Å²) in [6.07, 6.45) is 3.74. The Labute approximate surface area is 143 Å². The van der Waals surface area contributed by atoms with E-state index in [1.165, 1.54) is 32.1 Å². The number of carbonyl (C=O) groups excluding carboxylic acids is 4. The normalized spacial score (nSPS) is 11.7. The minimum absolute atomic E-state index is 0.112. The first-order chi connectivity index (χ1) is 12.0. The third-order valence-electron chi connectivity index (χ3n) is 2.83. The predicted octanol–water partition coefficient (Wildman–Crippen LogP) is -0.519. The lowest BCUT2D eigenvalue weighted by Gasteiger charge is -2.19. The third-order valence-corrected chi connectivity index (χ3v) is 2.83.